The smallest absolute Gasteiger partial charge is 0.255 e. The Morgan fingerprint density at radius 1 is 1.38 bits per heavy atom. The molecule has 1 aromatic heterocycles. The maximum Gasteiger partial charge on any atom is 0.255 e. The average Bonchev–Trinajstić information content (AvgIpc) is 2.39. The van der Waals surface area contributed by atoms with Gasteiger partial charge < -0.3 is 19.5 Å². The molecular formula is C15H22N2O4. The molecule has 6 nitrogen and oxygen atoms in total. The topological polar surface area (TPSA) is 71.9 Å². The monoisotopic (exact) mass is 294 g/mol. The zero-order chi connectivity index (χ0) is 15.5. The second-order valence-electron chi connectivity index (χ2n) is 6.06. The van der Waals surface area contributed by atoms with Gasteiger partial charge in [0.1, 0.15) is 6.61 Å². The van der Waals surface area contributed by atoms with E-state index < -0.39 is 6.10 Å². The van der Waals surface area contributed by atoms with Crippen LogP contribution >= 0.6 is 0 Å². The van der Waals surface area contributed by atoms with Gasteiger partial charge in [-0.3, -0.25) is 4.79 Å². The molecule has 116 valence electrons. The highest BCUT2D eigenvalue weighted by Crippen LogP contribution is 2.15. The van der Waals surface area contributed by atoms with Crippen molar-refractivity contribution in [3.8, 4) is 5.88 Å². The Morgan fingerprint density at radius 2 is 2.10 bits per heavy atom. The fraction of sp³-hybridized carbons (Fsp3) is 0.600. The number of β-amino-alcohol motifs (C(OH)–C–C–N with tert-alkyl or cyclic N) is 1. The lowest BCUT2D eigenvalue weighted by atomic mass is 10.1. The lowest BCUT2D eigenvalue weighted by molar-refractivity contribution is -0.0168. The number of aliphatic hydroxyl groups is 1. The van der Waals surface area contributed by atoms with Gasteiger partial charge in [-0.05, 0) is 26.8 Å². The van der Waals surface area contributed by atoms with Crippen molar-refractivity contribution in [3.63, 3.8) is 0 Å². The molecule has 0 aliphatic carbocycles. The zero-order valence-corrected chi connectivity index (χ0v) is 12.7. The van der Waals surface area contributed by atoms with Gasteiger partial charge in [-0.1, -0.05) is 0 Å². The largest absolute Gasteiger partial charge is 0.475 e. The number of ether oxygens (including phenoxy) is 2. The molecule has 0 bridgehead atoms. The van der Waals surface area contributed by atoms with E-state index in [-0.39, 0.29) is 11.5 Å². The predicted octanol–water partition coefficient (Wildman–Crippen LogP) is 1.09. The molecule has 1 saturated heterocycles. The van der Waals surface area contributed by atoms with Gasteiger partial charge in [-0.15, -0.1) is 0 Å². The molecular weight excluding hydrogens is 272 g/mol. The summed E-state index contributed by atoms with van der Waals surface area (Å²) in [4.78, 5) is 17.7. The Bertz CT molecular complexity index is 475. The van der Waals surface area contributed by atoms with Crippen molar-refractivity contribution < 1.29 is 19.4 Å². The van der Waals surface area contributed by atoms with Crippen LogP contribution < -0.4 is 4.74 Å². The van der Waals surface area contributed by atoms with Gasteiger partial charge in [-0.2, -0.15) is 0 Å². The first-order chi connectivity index (χ1) is 9.85. The van der Waals surface area contributed by atoms with Crippen LogP contribution in [0.2, 0.25) is 0 Å². The molecule has 2 heterocycles. The Morgan fingerprint density at radius 3 is 2.62 bits per heavy atom. The highest BCUT2D eigenvalue weighted by molar-refractivity contribution is 5.94. The lowest BCUT2D eigenvalue weighted by Gasteiger charge is -2.35. The molecule has 1 aromatic rings. The SMILES string of the molecule is CC(C)(C)OCCOc1ccc(C(=O)N2CC(O)C2)cn1. The highest BCUT2D eigenvalue weighted by atomic mass is 16.5. The molecule has 0 aromatic carbocycles. The summed E-state index contributed by atoms with van der Waals surface area (Å²) in [6.07, 6.45) is 1.10. The van der Waals surface area contributed by atoms with Crippen molar-refractivity contribution in [1.82, 2.24) is 9.88 Å². The number of nitrogens with zero attached hydrogens (tertiary/aromatic N) is 2. The number of pyridine rings is 1. The molecule has 2 rings (SSSR count). The Hall–Kier alpha value is -1.66. The number of hydrogen-bond donors (Lipinski definition) is 1. The molecule has 0 unspecified atom stereocenters. The minimum atomic E-state index is -0.396. The van der Waals surface area contributed by atoms with Crippen LogP contribution in [0, 0.1) is 0 Å². The summed E-state index contributed by atoms with van der Waals surface area (Å²) in [7, 11) is 0. The van der Waals surface area contributed by atoms with E-state index in [0.29, 0.717) is 37.7 Å². The van der Waals surface area contributed by atoms with Gasteiger partial charge in [0.25, 0.3) is 5.91 Å². The summed E-state index contributed by atoms with van der Waals surface area (Å²) in [5.74, 6) is 0.350. The van der Waals surface area contributed by atoms with Gasteiger partial charge >= 0.3 is 0 Å². The van der Waals surface area contributed by atoms with E-state index in [1.165, 1.54) is 6.20 Å². The van der Waals surface area contributed by atoms with Gasteiger partial charge in [0.2, 0.25) is 5.88 Å². The number of aromatic nitrogens is 1. The summed E-state index contributed by atoms with van der Waals surface area (Å²) in [6.45, 7) is 7.63. The van der Waals surface area contributed by atoms with Crippen LogP contribution in [-0.2, 0) is 4.74 Å². The third-order valence-corrected chi connectivity index (χ3v) is 3.00. The van der Waals surface area contributed by atoms with Gasteiger partial charge in [-0.25, -0.2) is 4.98 Å². The summed E-state index contributed by atoms with van der Waals surface area (Å²) >= 11 is 0. The Kier molecular flexibility index (Phi) is 4.80. The molecule has 0 radical (unpaired) electrons. The Balaban J connectivity index is 1.78. The van der Waals surface area contributed by atoms with E-state index in [4.69, 9.17) is 9.47 Å². The fourth-order valence-electron chi connectivity index (χ4n) is 1.89. The lowest BCUT2D eigenvalue weighted by Crippen LogP contribution is -2.53. The second-order valence-corrected chi connectivity index (χ2v) is 6.06. The minimum Gasteiger partial charge on any atom is -0.475 e. The van der Waals surface area contributed by atoms with Crippen molar-refractivity contribution >= 4 is 5.91 Å². The molecule has 6 heteroatoms. The number of rotatable bonds is 5. The zero-order valence-electron chi connectivity index (χ0n) is 12.7. The van der Waals surface area contributed by atoms with Crippen LogP contribution in [0.1, 0.15) is 31.1 Å². The van der Waals surface area contributed by atoms with Gasteiger partial charge in [0, 0.05) is 25.4 Å². The predicted molar refractivity (Wildman–Crippen MR) is 77.3 cm³/mol. The molecule has 0 spiro atoms. The molecule has 0 saturated carbocycles. The fourth-order valence-corrected chi connectivity index (χ4v) is 1.89. The number of amides is 1. The summed E-state index contributed by atoms with van der Waals surface area (Å²) < 4.78 is 11.0. The maximum absolute atomic E-state index is 12.0. The van der Waals surface area contributed by atoms with Crippen molar-refractivity contribution in [2.75, 3.05) is 26.3 Å². The van der Waals surface area contributed by atoms with Crippen molar-refractivity contribution in [2.45, 2.75) is 32.5 Å². The summed E-state index contributed by atoms with van der Waals surface area (Å²) in [5.41, 5.74) is 0.315. The molecule has 0 atom stereocenters. The number of carbonyl (C=O) groups excluding carboxylic acids is 1. The standard InChI is InChI=1S/C15H22N2O4/c1-15(2,3)21-7-6-20-13-5-4-11(8-16-13)14(19)17-9-12(18)10-17/h4-5,8,12,18H,6-7,9-10H2,1-3H3. The normalized spacial score (nSPS) is 15.7. The average molecular weight is 294 g/mol. The molecule has 1 N–H and O–H groups in total. The first-order valence-corrected chi connectivity index (χ1v) is 7.05. The minimum absolute atomic E-state index is 0.115. The molecule has 1 aliphatic rings. The quantitative estimate of drug-likeness (QED) is 0.823. The van der Waals surface area contributed by atoms with E-state index in [0.717, 1.165) is 0 Å². The Labute approximate surface area is 124 Å². The van der Waals surface area contributed by atoms with E-state index in [1.54, 1.807) is 17.0 Å². The number of hydrogen-bond acceptors (Lipinski definition) is 5. The molecule has 1 amide bonds. The van der Waals surface area contributed by atoms with Crippen molar-refractivity contribution in [1.29, 1.82) is 0 Å². The van der Waals surface area contributed by atoms with Crippen LogP contribution in [0.15, 0.2) is 18.3 Å². The van der Waals surface area contributed by atoms with Crippen LogP contribution in [0.4, 0.5) is 0 Å². The second kappa shape index (κ2) is 6.41. The van der Waals surface area contributed by atoms with E-state index in [2.05, 4.69) is 4.98 Å². The van der Waals surface area contributed by atoms with E-state index >= 15 is 0 Å². The van der Waals surface area contributed by atoms with Crippen LogP contribution in [0.5, 0.6) is 5.88 Å². The van der Waals surface area contributed by atoms with Crippen molar-refractivity contribution in [2.24, 2.45) is 0 Å². The summed E-state index contributed by atoms with van der Waals surface area (Å²) in [6, 6.07) is 3.35. The number of aliphatic hydroxyl groups excluding tert-OH is 1. The van der Waals surface area contributed by atoms with E-state index in [1.807, 2.05) is 20.8 Å². The van der Waals surface area contributed by atoms with Crippen LogP contribution in [0.25, 0.3) is 0 Å². The number of likely N-dealkylation sites (tertiary alicyclic amines) is 1. The molecule has 1 aliphatic heterocycles. The van der Waals surface area contributed by atoms with E-state index in [9.17, 15) is 9.90 Å². The van der Waals surface area contributed by atoms with Crippen LogP contribution in [0.3, 0.4) is 0 Å². The maximum atomic E-state index is 12.0. The van der Waals surface area contributed by atoms with Gasteiger partial charge in [0.05, 0.1) is 23.9 Å². The van der Waals surface area contributed by atoms with Crippen LogP contribution in [-0.4, -0.2) is 58.9 Å². The summed E-state index contributed by atoms with van der Waals surface area (Å²) in [5, 5.41) is 9.19. The first kappa shape index (κ1) is 15.7. The third kappa shape index (κ3) is 4.68. The molecule has 1 fully saturated rings. The highest BCUT2D eigenvalue weighted by Gasteiger charge is 2.29. The first-order valence-electron chi connectivity index (χ1n) is 7.05. The third-order valence-electron chi connectivity index (χ3n) is 3.00. The van der Waals surface area contributed by atoms with Crippen molar-refractivity contribution in [3.05, 3.63) is 23.9 Å². The van der Waals surface area contributed by atoms with Gasteiger partial charge in [0.15, 0.2) is 0 Å². The number of carbonyl (C=O) groups is 1. The molecule has 21 heavy (non-hydrogen) atoms.